The Morgan fingerprint density at radius 1 is 1.22 bits per heavy atom. The Morgan fingerprint density at radius 2 is 1.91 bits per heavy atom. The number of benzene rings is 1. The number of para-hydroxylation sites is 1. The third-order valence-electron chi connectivity index (χ3n) is 2.36. The van der Waals surface area contributed by atoms with Gasteiger partial charge in [0, 0.05) is 0 Å². The first-order valence-electron chi connectivity index (χ1n) is 6.53. The number of hydrogen-bond donors (Lipinski definition) is 2. The third kappa shape index (κ3) is 5.81. The summed E-state index contributed by atoms with van der Waals surface area (Å²) in [4.78, 5) is 23.3. The summed E-state index contributed by atoms with van der Waals surface area (Å²) < 4.78 is 14.9. The Bertz CT molecular complexity index is 695. The van der Waals surface area contributed by atoms with E-state index < -0.39 is 17.8 Å². The van der Waals surface area contributed by atoms with E-state index in [1.54, 1.807) is 17.8 Å². The molecule has 1 aromatic heterocycles. The number of carbonyl (C=O) groups excluding carboxylic acids is 2. The van der Waals surface area contributed by atoms with Crippen LogP contribution in [0.3, 0.4) is 0 Å². The van der Waals surface area contributed by atoms with Gasteiger partial charge in [-0.05, 0) is 17.9 Å². The number of anilines is 1. The molecule has 0 fully saturated rings. The fourth-order valence-electron chi connectivity index (χ4n) is 1.44. The van der Waals surface area contributed by atoms with Crippen LogP contribution in [-0.2, 0) is 4.79 Å². The van der Waals surface area contributed by atoms with Crippen LogP contribution in [0, 0.1) is 5.82 Å². The molecule has 0 aliphatic heterocycles. The van der Waals surface area contributed by atoms with Crippen LogP contribution in [0.15, 0.2) is 32.9 Å². The van der Waals surface area contributed by atoms with Crippen molar-refractivity contribution in [1.29, 1.82) is 0 Å². The van der Waals surface area contributed by atoms with E-state index in [0.717, 1.165) is 10.1 Å². The van der Waals surface area contributed by atoms with Gasteiger partial charge in [0.25, 0.3) is 0 Å². The van der Waals surface area contributed by atoms with Crippen molar-refractivity contribution >= 4 is 52.5 Å². The fraction of sp³-hybridized carbons (Fsp3) is 0.231. The van der Waals surface area contributed by atoms with Gasteiger partial charge in [-0.25, -0.2) is 9.18 Å². The summed E-state index contributed by atoms with van der Waals surface area (Å²) >= 11 is 4.16. The summed E-state index contributed by atoms with van der Waals surface area (Å²) in [5.74, 6) is -0.144. The number of halogens is 1. The summed E-state index contributed by atoms with van der Waals surface area (Å²) in [6.07, 6.45) is 0. The third-order valence-corrected chi connectivity index (χ3v) is 5.43. The molecule has 0 saturated carbocycles. The molecule has 0 saturated heterocycles. The van der Waals surface area contributed by atoms with Crippen LogP contribution in [0.1, 0.15) is 6.92 Å². The van der Waals surface area contributed by atoms with Gasteiger partial charge in [-0.15, -0.1) is 10.2 Å². The van der Waals surface area contributed by atoms with Crippen LogP contribution in [0.2, 0.25) is 0 Å². The predicted molar refractivity (Wildman–Crippen MR) is 90.6 cm³/mol. The number of nitrogens with zero attached hydrogens (tertiary/aromatic N) is 2. The smallest absolute Gasteiger partial charge is 0.305 e. The van der Waals surface area contributed by atoms with Gasteiger partial charge in [-0.3, -0.25) is 10.1 Å². The molecule has 1 heterocycles. The molecule has 0 atom stereocenters. The maximum absolute atomic E-state index is 13.4. The molecule has 2 N–H and O–H groups in total. The summed E-state index contributed by atoms with van der Waals surface area (Å²) in [6.45, 7) is 2.01. The van der Waals surface area contributed by atoms with Crippen LogP contribution < -0.4 is 10.6 Å². The molecule has 2 rings (SSSR count). The minimum Gasteiger partial charge on any atom is -0.305 e. The molecular formula is C13H13FN4O2S3. The fourth-order valence-corrected chi connectivity index (χ4v) is 4.16. The molecule has 0 unspecified atom stereocenters. The predicted octanol–water partition coefficient (Wildman–Crippen LogP) is 3.23. The molecule has 0 radical (unpaired) electrons. The molecule has 2 aromatic rings. The van der Waals surface area contributed by atoms with Crippen LogP contribution in [0.5, 0.6) is 0 Å². The van der Waals surface area contributed by atoms with Gasteiger partial charge in [0.15, 0.2) is 8.68 Å². The SMILES string of the molecule is CCSc1nnc(SCC(=O)NC(=O)Nc2ccccc2F)s1. The molecule has 0 bridgehead atoms. The first kappa shape index (κ1) is 17.7. The van der Waals surface area contributed by atoms with E-state index in [2.05, 4.69) is 20.8 Å². The monoisotopic (exact) mass is 372 g/mol. The van der Waals surface area contributed by atoms with E-state index in [-0.39, 0.29) is 11.4 Å². The minimum atomic E-state index is -0.778. The highest BCUT2D eigenvalue weighted by Crippen LogP contribution is 2.28. The molecule has 6 nitrogen and oxygen atoms in total. The van der Waals surface area contributed by atoms with E-state index >= 15 is 0 Å². The topological polar surface area (TPSA) is 84.0 Å². The normalized spacial score (nSPS) is 10.3. The Labute approximate surface area is 144 Å². The number of urea groups is 1. The Hall–Kier alpha value is -1.65. The van der Waals surface area contributed by atoms with E-state index in [1.807, 2.05) is 6.92 Å². The molecule has 0 aliphatic carbocycles. The summed E-state index contributed by atoms with van der Waals surface area (Å²) in [7, 11) is 0. The van der Waals surface area contributed by atoms with Gasteiger partial charge < -0.3 is 5.32 Å². The van der Waals surface area contributed by atoms with Gasteiger partial charge in [0.2, 0.25) is 5.91 Å². The number of hydrogen-bond acceptors (Lipinski definition) is 7. The van der Waals surface area contributed by atoms with Crippen molar-refractivity contribution in [3.63, 3.8) is 0 Å². The van der Waals surface area contributed by atoms with Gasteiger partial charge >= 0.3 is 6.03 Å². The highest BCUT2D eigenvalue weighted by molar-refractivity contribution is 8.03. The lowest BCUT2D eigenvalue weighted by Crippen LogP contribution is -2.35. The number of amides is 3. The second kappa shape index (κ2) is 8.85. The minimum absolute atomic E-state index is 0.0100. The van der Waals surface area contributed by atoms with Crippen molar-refractivity contribution in [3.05, 3.63) is 30.1 Å². The second-order valence-electron chi connectivity index (χ2n) is 4.04. The van der Waals surface area contributed by atoms with Crippen LogP contribution >= 0.6 is 34.9 Å². The number of aromatic nitrogens is 2. The van der Waals surface area contributed by atoms with Crippen molar-refractivity contribution in [2.45, 2.75) is 15.6 Å². The lowest BCUT2D eigenvalue weighted by molar-refractivity contribution is -0.117. The lowest BCUT2D eigenvalue weighted by Gasteiger charge is -2.06. The zero-order chi connectivity index (χ0) is 16.7. The molecule has 1 aromatic carbocycles. The van der Waals surface area contributed by atoms with E-state index in [0.29, 0.717) is 4.34 Å². The first-order valence-corrected chi connectivity index (χ1v) is 9.31. The van der Waals surface area contributed by atoms with Crippen LogP contribution in [0.25, 0.3) is 0 Å². The van der Waals surface area contributed by atoms with E-state index in [1.165, 1.54) is 41.3 Å². The van der Waals surface area contributed by atoms with Gasteiger partial charge in [-0.1, -0.05) is 53.9 Å². The zero-order valence-corrected chi connectivity index (χ0v) is 14.5. The maximum Gasteiger partial charge on any atom is 0.325 e. The van der Waals surface area contributed by atoms with Crippen LogP contribution in [0.4, 0.5) is 14.9 Å². The van der Waals surface area contributed by atoms with Crippen molar-refractivity contribution in [1.82, 2.24) is 15.5 Å². The Morgan fingerprint density at radius 3 is 2.61 bits per heavy atom. The highest BCUT2D eigenvalue weighted by atomic mass is 32.2. The lowest BCUT2D eigenvalue weighted by atomic mass is 10.3. The van der Waals surface area contributed by atoms with E-state index in [4.69, 9.17) is 0 Å². The molecule has 23 heavy (non-hydrogen) atoms. The average molecular weight is 372 g/mol. The largest absolute Gasteiger partial charge is 0.325 e. The average Bonchev–Trinajstić information content (AvgIpc) is 2.96. The molecule has 0 spiro atoms. The van der Waals surface area contributed by atoms with Gasteiger partial charge in [-0.2, -0.15) is 0 Å². The van der Waals surface area contributed by atoms with Crippen molar-refractivity contribution in [3.8, 4) is 0 Å². The van der Waals surface area contributed by atoms with Crippen LogP contribution in [-0.4, -0.2) is 33.6 Å². The summed E-state index contributed by atoms with van der Waals surface area (Å²) in [5, 5.41) is 12.3. The molecule has 0 aliphatic rings. The van der Waals surface area contributed by atoms with E-state index in [9.17, 15) is 14.0 Å². The highest BCUT2D eigenvalue weighted by Gasteiger charge is 2.12. The Kier molecular flexibility index (Phi) is 6.81. The van der Waals surface area contributed by atoms with Crippen molar-refractivity contribution < 1.29 is 14.0 Å². The quantitative estimate of drug-likeness (QED) is 0.758. The molecule has 10 heteroatoms. The number of carbonyl (C=O) groups is 2. The number of rotatable bonds is 6. The van der Waals surface area contributed by atoms with Crippen molar-refractivity contribution in [2.24, 2.45) is 0 Å². The van der Waals surface area contributed by atoms with Gasteiger partial charge in [0.05, 0.1) is 11.4 Å². The number of nitrogens with one attached hydrogen (secondary N) is 2. The first-order chi connectivity index (χ1) is 11.1. The Balaban J connectivity index is 1.77. The van der Waals surface area contributed by atoms with Gasteiger partial charge in [0.1, 0.15) is 5.82 Å². The molecule has 122 valence electrons. The summed E-state index contributed by atoms with van der Waals surface area (Å²) in [6, 6.07) is 4.93. The molecular weight excluding hydrogens is 359 g/mol. The molecule has 3 amide bonds. The number of imide groups is 1. The standard InChI is InChI=1S/C13H13FN4O2S3/c1-2-21-12-17-18-13(23-12)22-7-10(19)16-11(20)15-9-6-4-3-5-8(9)14/h3-6H,2,7H2,1H3,(H2,15,16,19,20). The summed E-state index contributed by atoms with van der Waals surface area (Å²) in [5.41, 5.74) is 0.0100. The zero-order valence-electron chi connectivity index (χ0n) is 12.0. The maximum atomic E-state index is 13.4. The number of thioether (sulfide) groups is 2. The van der Waals surface area contributed by atoms with Crippen molar-refractivity contribution in [2.75, 3.05) is 16.8 Å². The second-order valence-corrected chi connectivity index (χ2v) is 7.75.